The molecule has 0 unspecified atom stereocenters. The first-order valence-corrected chi connectivity index (χ1v) is 7.16. The summed E-state index contributed by atoms with van der Waals surface area (Å²) in [6.07, 6.45) is 0.109. The number of benzene rings is 2. The Morgan fingerprint density at radius 2 is 1.59 bits per heavy atom. The van der Waals surface area contributed by atoms with Crippen LogP contribution in [0.3, 0.4) is 0 Å². The number of nitriles is 2. The predicted octanol–water partition coefficient (Wildman–Crippen LogP) is 4.36. The zero-order valence-corrected chi connectivity index (χ0v) is 12.5. The maximum absolute atomic E-state index is 12.4. The summed E-state index contributed by atoms with van der Waals surface area (Å²) < 4.78 is 0. The van der Waals surface area contributed by atoms with Crippen molar-refractivity contribution in [3.05, 3.63) is 70.7 Å². The largest absolute Gasteiger partial charge is 0.294 e. The molecule has 1 atom stereocenters. The van der Waals surface area contributed by atoms with Crippen molar-refractivity contribution in [3.63, 3.8) is 0 Å². The predicted molar refractivity (Wildman–Crippen MR) is 84.3 cm³/mol. The van der Waals surface area contributed by atoms with Crippen molar-refractivity contribution in [1.29, 1.82) is 10.5 Å². The summed E-state index contributed by atoms with van der Waals surface area (Å²) in [5, 5.41) is 18.9. The summed E-state index contributed by atoms with van der Waals surface area (Å²) in [6, 6.07) is 19.8. The molecule has 0 bridgehead atoms. The highest BCUT2D eigenvalue weighted by molar-refractivity contribution is 6.30. The van der Waals surface area contributed by atoms with E-state index in [-0.39, 0.29) is 12.2 Å². The molecule has 0 saturated heterocycles. The van der Waals surface area contributed by atoms with Crippen LogP contribution >= 0.6 is 11.6 Å². The van der Waals surface area contributed by atoms with E-state index in [1.54, 1.807) is 24.3 Å². The van der Waals surface area contributed by atoms with E-state index >= 15 is 0 Å². The van der Waals surface area contributed by atoms with E-state index < -0.39 is 11.8 Å². The summed E-state index contributed by atoms with van der Waals surface area (Å²) in [4.78, 5) is 12.4. The van der Waals surface area contributed by atoms with Gasteiger partial charge in [0.2, 0.25) is 0 Å². The molecule has 0 aliphatic heterocycles. The molecule has 0 saturated carbocycles. The number of hydrogen-bond donors (Lipinski definition) is 0. The molecule has 3 nitrogen and oxygen atoms in total. The third-order valence-corrected chi connectivity index (χ3v) is 3.73. The van der Waals surface area contributed by atoms with Crippen molar-refractivity contribution in [2.45, 2.75) is 12.3 Å². The number of rotatable bonds is 5. The molecule has 0 aliphatic rings. The van der Waals surface area contributed by atoms with Crippen LogP contribution < -0.4 is 0 Å². The summed E-state index contributed by atoms with van der Waals surface area (Å²) >= 11 is 5.82. The minimum atomic E-state index is -0.862. The van der Waals surface area contributed by atoms with Gasteiger partial charge in [-0.05, 0) is 29.8 Å². The second-order valence-electron chi connectivity index (χ2n) is 4.89. The fourth-order valence-corrected chi connectivity index (χ4v) is 2.42. The number of Topliss-reactive ketones (excluding diaryl/α,β-unsaturated/α-hetero) is 1. The molecule has 0 N–H and O–H groups in total. The van der Waals surface area contributed by atoms with Crippen LogP contribution in [-0.4, -0.2) is 5.78 Å². The van der Waals surface area contributed by atoms with Gasteiger partial charge in [0.25, 0.3) is 0 Å². The molecule has 22 heavy (non-hydrogen) atoms. The van der Waals surface area contributed by atoms with Gasteiger partial charge in [-0.15, -0.1) is 0 Å². The third-order valence-electron chi connectivity index (χ3n) is 3.48. The van der Waals surface area contributed by atoms with Crippen LogP contribution in [0.1, 0.15) is 28.3 Å². The van der Waals surface area contributed by atoms with Gasteiger partial charge in [0.15, 0.2) is 5.78 Å². The lowest BCUT2D eigenvalue weighted by Gasteiger charge is -2.17. The van der Waals surface area contributed by atoms with Crippen molar-refractivity contribution in [3.8, 4) is 12.1 Å². The van der Waals surface area contributed by atoms with Crippen LogP contribution in [0.25, 0.3) is 0 Å². The molecular formula is C18H13ClN2O. The van der Waals surface area contributed by atoms with Crippen molar-refractivity contribution >= 4 is 17.4 Å². The first-order chi connectivity index (χ1) is 10.7. The highest BCUT2D eigenvalue weighted by atomic mass is 35.5. The van der Waals surface area contributed by atoms with Crippen LogP contribution in [0.4, 0.5) is 0 Å². The fraction of sp³-hybridized carbons (Fsp3) is 0.167. The summed E-state index contributed by atoms with van der Waals surface area (Å²) in [7, 11) is 0. The topological polar surface area (TPSA) is 64.7 Å². The van der Waals surface area contributed by atoms with E-state index in [1.807, 2.05) is 42.5 Å². The molecule has 0 amide bonds. The Hall–Kier alpha value is -2.62. The molecule has 2 aromatic rings. The Morgan fingerprint density at radius 1 is 1.00 bits per heavy atom. The quantitative estimate of drug-likeness (QED) is 0.771. The SMILES string of the molecule is N#CC(C#N)[C@H](CC(=O)c1ccc(Cl)cc1)c1ccccc1. The van der Waals surface area contributed by atoms with Crippen LogP contribution in [0.5, 0.6) is 0 Å². The smallest absolute Gasteiger partial charge is 0.163 e. The van der Waals surface area contributed by atoms with Crippen molar-refractivity contribution < 1.29 is 4.79 Å². The summed E-state index contributed by atoms with van der Waals surface area (Å²) in [6.45, 7) is 0. The van der Waals surface area contributed by atoms with E-state index in [1.165, 1.54) is 0 Å². The Kier molecular flexibility index (Phi) is 5.31. The van der Waals surface area contributed by atoms with E-state index in [0.717, 1.165) is 5.56 Å². The lowest BCUT2D eigenvalue weighted by atomic mass is 9.83. The Bertz CT molecular complexity index is 712. The Labute approximate surface area is 134 Å². The Balaban J connectivity index is 2.27. The van der Waals surface area contributed by atoms with E-state index in [0.29, 0.717) is 10.6 Å². The van der Waals surface area contributed by atoms with Gasteiger partial charge in [-0.2, -0.15) is 10.5 Å². The zero-order chi connectivity index (χ0) is 15.9. The number of halogens is 1. The molecular weight excluding hydrogens is 296 g/mol. The monoisotopic (exact) mass is 308 g/mol. The maximum Gasteiger partial charge on any atom is 0.163 e. The lowest BCUT2D eigenvalue weighted by molar-refractivity contribution is 0.0971. The number of ketones is 1. The lowest BCUT2D eigenvalue weighted by Crippen LogP contribution is -2.15. The molecule has 0 aliphatic carbocycles. The number of hydrogen-bond acceptors (Lipinski definition) is 3. The average Bonchev–Trinajstić information content (AvgIpc) is 2.56. The third kappa shape index (κ3) is 3.73. The van der Waals surface area contributed by atoms with Crippen LogP contribution in [-0.2, 0) is 0 Å². The second-order valence-corrected chi connectivity index (χ2v) is 5.32. The molecule has 0 spiro atoms. The van der Waals surface area contributed by atoms with Gasteiger partial charge in [-0.25, -0.2) is 0 Å². The normalized spacial score (nSPS) is 11.5. The molecule has 108 valence electrons. The number of carbonyl (C=O) groups excluding carboxylic acids is 1. The highest BCUT2D eigenvalue weighted by Crippen LogP contribution is 2.29. The van der Waals surface area contributed by atoms with Gasteiger partial charge >= 0.3 is 0 Å². The summed E-state index contributed by atoms with van der Waals surface area (Å²) in [5.74, 6) is -1.42. The minimum Gasteiger partial charge on any atom is -0.294 e. The van der Waals surface area contributed by atoms with E-state index in [9.17, 15) is 15.3 Å². The van der Waals surface area contributed by atoms with Crippen LogP contribution in [0, 0.1) is 28.6 Å². The van der Waals surface area contributed by atoms with E-state index in [4.69, 9.17) is 11.6 Å². The molecule has 0 aromatic heterocycles. The highest BCUT2D eigenvalue weighted by Gasteiger charge is 2.26. The first-order valence-electron chi connectivity index (χ1n) is 6.78. The standard InChI is InChI=1S/C18H13ClN2O/c19-16-8-6-14(7-9-16)18(22)10-17(15(11-20)12-21)13-4-2-1-3-5-13/h1-9,15,17H,10H2/t17-/m1/s1. The van der Waals surface area contributed by atoms with Crippen LogP contribution in [0.15, 0.2) is 54.6 Å². The molecule has 4 heteroatoms. The maximum atomic E-state index is 12.4. The minimum absolute atomic E-state index is 0.109. The van der Waals surface area contributed by atoms with Crippen LogP contribution in [0.2, 0.25) is 5.02 Å². The molecule has 0 heterocycles. The average molecular weight is 309 g/mol. The fourth-order valence-electron chi connectivity index (χ4n) is 2.29. The first kappa shape index (κ1) is 15.8. The molecule has 2 aromatic carbocycles. The van der Waals surface area contributed by atoms with E-state index in [2.05, 4.69) is 0 Å². The van der Waals surface area contributed by atoms with Gasteiger partial charge in [-0.3, -0.25) is 4.79 Å². The zero-order valence-electron chi connectivity index (χ0n) is 11.7. The van der Waals surface area contributed by atoms with Gasteiger partial charge in [0.05, 0.1) is 12.1 Å². The molecule has 2 rings (SSSR count). The van der Waals surface area contributed by atoms with Gasteiger partial charge < -0.3 is 0 Å². The Morgan fingerprint density at radius 3 is 2.14 bits per heavy atom. The summed E-state index contributed by atoms with van der Waals surface area (Å²) in [5.41, 5.74) is 1.35. The van der Waals surface area contributed by atoms with Crippen molar-refractivity contribution in [2.24, 2.45) is 5.92 Å². The van der Waals surface area contributed by atoms with Gasteiger partial charge in [-0.1, -0.05) is 41.9 Å². The van der Waals surface area contributed by atoms with Gasteiger partial charge in [0, 0.05) is 22.9 Å². The number of carbonyl (C=O) groups is 1. The second kappa shape index (κ2) is 7.41. The van der Waals surface area contributed by atoms with Gasteiger partial charge in [0.1, 0.15) is 5.92 Å². The number of nitrogens with zero attached hydrogens (tertiary/aromatic N) is 2. The molecule has 0 radical (unpaired) electrons. The van der Waals surface area contributed by atoms with Crippen molar-refractivity contribution in [1.82, 2.24) is 0 Å². The molecule has 0 fully saturated rings. The van der Waals surface area contributed by atoms with Crippen molar-refractivity contribution in [2.75, 3.05) is 0 Å².